The maximum absolute atomic E-state index is 13.0. The number of hydrogen-bond donors (Lipinski definition) is 5. The van der Waals surface area contributed by atoms with Gasteiger partial charge in [0.2, 0.25) is 0 Å². The van der Waals surface area contributed by atoms with Crippen LogP contribution in [0.3, 0.4) is 0 Å². The van der Waals surface area contributed by atoms with Crippen LogP contribution in [0.15, 0.2) is 231 Å². The first-order valence-corrected chi connectivity index (χ1v) is 43.9. The van der Waals surface area contributed by atoms with Crippen molar-refractivity contribution < 1.29 is 67.8 Å². The van der Waals surface area contributed by atoms with Crippen LogP contribution in [0.2, 0.25) is 10.0 Å². The molecule has 0 saturated carbocycles. The molecule has 658 valence electrons. The number of nitrogens with zero attached hydrogens (tertiary/aromatic N) is 2. The van der Waals surface area contributed by atoms with E-state index in [-0.39, 0.29) is 52.4 Å². The lowest BCUT2D eigenvalue weighted by Crippen LogP contribution is -2.36. The second-order valence-corrected chi connectivity index (χ2v) is 34.5. The van der Waals surface area contributed by atoms with E-state index in [1.165, 1.54) is 11.6 Å². The molecule has 0 aliphatic heterocycles. The van der Waals surface area contributed by atoms with Crippen LogP contribution in [0, 0.1) is 22.7 Å². The molecule has 0 atom stereocenters. The van der Waals surface area contributed by atoms with Gasteiger partial charge in [-0.2, -0.15) is 10.5 Å². The Hall–Kier alpha value is -11.2. The minimum atomic E-state index is -1.02. The van der Waals surface area contributed by atoms with Gasteiger partial charge in [0.1, 0.15) is 33.9 Å². The average Bonchev–Trinajstić information content (AvgIpc) is 0.823. The number of carboxylic acid groups (broad SMARTS) is 2. The number of aromatic carboxylic acids is 2. The third-order valence-electron chi connectivity index (χ3n) is 18.5. The van der Waals surface area contributed by atoms with Crippen molar-refractivity contribution in [3.8, 4) is 68.1 Å². The molecule has 21 heteroatoms. The van der Waals surface area contributed by atoms with Crippen LogP contribution in [-0.4, -0.2) is 106 Å². The Kier molecular flexibility index (Phi) is 42.9. The van der Waals surface area contributed by atoms with Gasteiger partial charge in [0.25, 0.3) is 5.91 Å². The zero-order chi connectivity index (χ0) is 92.8. The molecule has 0 unspecified atom stereocenters. The summed E-state index contributed by atoms with van der Waals surface area (Å²) in [5.41, 5.74) is 18.5. The van der Waals surface area contributed by atoms with Crippen LogP contribution < -0.4 is 20.5 Å². The summed E-state index contributed by atoms with van der Waals surface area (Å²) in [6, 6.07) is 75.4. The predicted molar refractivity (Wildman–Crippen MR) is 509 cm³/mol. The van der Waals surface area contributed by atoms with E-state index in [0.717, 1.165) is 86.9 Å². The highest BCUT2D eigenvalue weighted by Gasteiger charge is 2.26. The van der Waals surface area contributed by atoms with E-state index in [1.54, 1.807) is 97.9 Å². The summed E-state index contributed by atoms with van der Waals surface area (Å²) in [6.45, 7) is 37.1. The highest BCUT2D eigenvalue weighted by Crippen LogP contribution is 2.33. The smallest absolute Gasteiger partial charge is 0.339 e. The number of carboxylic acids is 2. The lowest BCUT2D eigenvalue weighted by atomic mass is 9.83. The molecule has 6 N–H and O–H groups in total. The number of nitrogens with one attached hydrogen (secondary N) is 1. The third-order valence-corrected chi connectivity index (χ3v) is 19.0. The fraction of sp³-hybridized carbons (Fsp3) is 0.340. The molecule has 0 aliphatic rings. The highest BCUT2D eigenvalue weighted by atomic mass is 127. The number of benzene rings is 10. The summed E-state index contributed by atoms with van der Waals surface area (Å²) in [5, 5.41) is 47.3. The van der Waals surface area contributed by atoms with E-state index in [0.29, 0.717) is 76.5 Å². The maximum atomic E-state index is 13.0. The molecule has 0 radical (unpaired) electrons. The number of alkyl halides is 1. The first-order chi connectivity index (χ1) is 58.4. The molecular formula is C103H121Cl2IN4O14. The molecule has 10 aromatic carbocycles. The van der Waals surface area contributed by atoms with Crippen molar-refractivity contribution in [3.63, 3.8) is 0 Å². The fourth-order valence-corrected chi connectivity index (χ4v) is 11.7. The minimum absolute atomic E-state index is 0.0287. The summed E-state index contributed by atoms with van der Waals surface area (Å²) >= 11 is 14.0. The Morgan fingerprint density at radius 1 is 0.411 bits per heavy atom. The Morgan fingerprint density at radius 3 is 0.992 bits per heavy atom. The zero-order valence-electron chi connectivity index (χ0n) is 74.9. The number of hydrogen-bond acceptors (Lipinski definition) is 15. The first kappa shape index (κ1) is 105. The van der Waals surface area contributed by atoms with Crippen LogP contribution >= 0.6 is 45.8 Å². The summed E-state index contributed by atoms with van der Waals surface area (Å²) in [7, 11) is 0. The second kappa shape index (κ2) is 50.6. The normalized spacial score (nSPS) is 11.0. The van der Waals surface area contributed by atoms with Crippen LogP contribution in [0.5, 0.6) is 11.5 Å². The van der Waals surface area contributed by atoms with E-state index < -0.39 is 34.2 Å². The second-order valence-electron chi connectivity index (χ2n) is 33.6. The number of carbonyl (C=O) groups excluding carboxylic acids is 4. The van der Waals surface area contributed by atoms with Crippen LogP contribution in [-0.2, 0) is 36.9 Å². The van der Waals surface area contributed by atoms with Crippen molar-refractivity contribution in [1.29, 1.82) is 10.5 Å². The van der Waals surface area contributed by atoms with E-state index in [9.17, 15) is 34.0 Å². The van der Waals surface area contributed by atoms with Crippen LogP contribution in [0.1, 0.15) is 235 Å². The number of halogens is 3. The number of ether oxygens (including phenoxy) is 5. The van der Waals surface area contributed by atoms with E-state index in [4.69, 9.17) is 73.2 Å². The van der Waals surface area contributed by atoms with Gasteiger partial charge in [-0.15, -0.1) is 0 Å². The molecule has 10 aromatic rings. The van der Waals surface area contributed by atoms with Gasteiger partial charge in [-0.25, -0.2) is 24.0 Å². The predicted octanol–water partition coefficient (Wildman–Crippen LogP) is 24.9. The minimum Gasteiger partial charge on any atom is -0.493 e. The highest BCUT2D eigenvalue weighted by molar-refractivity contribution is 14.1. The van der Waals surface area contributed by atoms with Gasteiger partial charge in [0, 0.05) is 40.6 Å². The Balaban J connectivity index is 0.000000327. The molecule has 0 saturated heterocycles. The van der Waals surface area contributed by atoms with E-state index in [2.05, 4.69) is 98.9 Å². The lowest BCUT2D eigenvalue weighted by Gasteiger charge is -2.26. The number of esters is 3. The summed E-state index contributed by atoms with van der Waals surface area (Å²) in [5.74, 6) is -2.21. The lowest BCUT2D eigenvalue weighted by molar-refractivity contribution is 0.00570. The van der Waals surface area contributed by atoms with Gasteiger partial charge < -0.3 is 50.1 Å². The number of unbranched alkanes of at least 4 members (excludes halogenated alkanes) is 2. The Morgan fingerprint density at radius 2 is 0.702 bits per heavy atom. The summed E-state index contributed by atoms with van der Waals surface area (Å²) in [4.78, 5) is 72.9. The SMILES string of the molecule is CC(C)(C)OC(=O)c1ccc(-c2ccc(C(C)(C)C#N)cc2)cc1.CC(C)(C)OC(=O)c1ccc(-c2ccc(C(C)(C)CN)cc2)cc1.CC(C)(C)OC(=O)c1ccc(-c2ccc(CC#N)cc2)cc1.CCCCOc1ccc(Cl)cc1C(=O)NCC(C)(C)c1ccc(-c2ccc(C(=O)O)cc2)cc1.CCCCOc1ccc(Cl)cc1C(=O)O.CCO.CI. The average molecular weight is 1840 g/mol. The van der Waals surface area contributed by atoms with E-state index in [1.807, 2.05) is 197 Å². The largest absolute Gasteiger partial charge is 0.493 e. The molecule has 0 aliphatic carbocycles. The molecular weight excluding hydrogens is 1710 g/mol. The topological polar surface area (TPSA) is 295 Å². The van der Waals surface area contributed by atoms with Crippen molar-refractivity contribution in [3.05, 3.63) is 296 Å². The number of carbonyl (C=O) groups is 6. The molecule has 0 fully saturated rings. The molecule has 1 amide bonds. The molecule has 0 bridgehead atoms. The third kappa shape index (κ3) is 36.0. The number of rotatable bonds is 25. The summed E-state index contributed by atoms with van der Waals surface area (Å²) in [6.07, 6.45) is 4.25. The molecule has 124 heavy (non-hydrogen) atoms. The molecule has 0 spiro atoms. The van der Waals surface area contributed by atoms with Crippen molar-refractivity contribution >= 4 is 81.5 Å². The zero-order valence-corrected chi connectivity index (χ0v) is 78.6. The number of nitrogens with two attached hydrogens (primary N) is 1. The van der Waals surface area contributed by atoms with Gasteiger partial charge in [0.05, 0.1) is 65.0 Å². The molecule has 18 nitrogen and oxygen atoms in total. The quantitative estimate of drug-likeness (QED) is 0.0117. The van der Waals surface area contributed by atoms with Gasteiger partial charge in [-0.1, -0.05) is 246 Å². The Bertz CT molecular complexity index is 5120. The Labute approximate surface area is 757 Å². The fourth-order valence-electron chi connectivity index (χ4n) is 11.4. The van der Waals surface area contributed by atoms with Crippen molar-refractivity contribution in [2.75, 3.05) is 37.8 Å². The van der Waals surface area contributed by atoms with E-state index >= 15 is 0 Å². The van der Waals surface area contributed by atoms with Crippen molar-refractivity contribution in [2.45, 2.75) is 190 Å². The first-order valence-electron chi connectivity index (χ1n) is 41.0. The van der Waals surface area contributed by atoms with Crippen LogP contribution in [0.4, 0.5) is 0 Å². The van der Waals surface area contributed by atoms with Crippen molar-refractivity contribution in [1.82, 2.24) is 5.32 Å². The number of aliphatic hydroxyl groups is 1. The maximum Gasteiger partial charge on any atom is 0.339 e. The van der Waals surface area contributed by atoms with Crippen LogP contribution in [0.25, 0.3) is 44.5 Å². The molecule has 0 aromatic heterocycles. The van der Waals surface area contributed by atoms with Gasteiger partial charge in [-0.05, 0) is 253 Å². The number of amides is 1. The van der Waals surface area contributed by atoms with Gasteiger partial charge >= 0.3 is 29.8 Å². The number of aliphatic hydroxyl groups excluding tert-OH is 1. The monoisotopic (exact) mass is 1830 g/mol. The van der Waals surface area contributed by atoms with Crippen molar-refractivity contribution in [2.24, 2.45) is 5.73 Å². The standard InChI is InChI=1S/C28H30ClNO4.C21H27NO2.C21H23NO2.C19H19NO2.C11H13ClO3.C2H6O.CH3I/c1-4-5-16-34-25-15-14-23(29)17-24(25)26(31)30-18-28(2,3)22-12-10-20(11-13-22)19-6-8-21(9-7-19)27(32)33;2*1-20(2,3)24-19(23)17-8-6-15(7-9-17)16-10-12-18(13-11-16)21(4,5)14-22;1-19(2,3)22-18(21)17-10-8-16(9-11-17)15-6-4-14(5-7-15)12-13-20;1-2-3-6-15-10-5-4-8(12)7-9(10)11(13)14;1-2-3;1-2/h6-15,17H,4-5,16,18H2,1-3H3,(H,30,31)(H,32,33);6-13H,14,22H2,1-5H3;6-13H,1-5H3;4-11H,12H2,1-3H3;4-5,7H,2-3,6H2,1H3,(H,13,14);3H,2H2,1H3;1H3. The molecule has 0 heterocycles. The number of nitriles is 2. The van der Waals surface area contributed by atoms with Gasteiger partial charge in [-0.3, -0.25) is 4.79 Å². The summed E-state index contributed by atoms with van der Waals surface area (Å²) < 4.78 is 27.2. The molecule has 10 rings (SSSR count). The van der Waals surface area contributed by atoms with Gasteiger partial charge in [0.15, 0.2) is 0 Å².